The molecule has 2 rings (SSSR count). The van der Waals surface area contributed by atoms with Gasteiger partial charge in [-0.15, -0.1) is 0 Å². The first-order valence-corrected chi connectivity index (χ1v) is 7.70. The Morgan fingerprint density at radius 1 is 1.20 bits per heavy atom. The van der Waals surface area contributed by atoms with E-state index in [9.17, 15) is 4.39 Å². The second kappa shape index (κ2) is 7.21. The zero-order valence-electron chi connectivity index (χ0n) is 11.2. The molecule has 0 saturated heterocycles. The van der Waals surface area contributed by atoms with Gasteiger partial charge in [-0.25, -0.2) is 4.39 Å². The fourth-order valence-electron chi connectivity index (χ4n) is 2.17. The number of hydrogen-bond acceptors (Lipinski definition) is 1. The third-order valence-electron chi connectivity index (χ3n) is 3.15. The predicted molar refractivity (Wildman–Crippen MR) is 85.7 cm³/mol. The van der Waals surface area contributed by atoms with Crippen LogP contribution in [0.4, 0.5) is 4.39 Å². The van der Waals surface area contributed by atoms with Gasteiger partial charge >= 0.3 is 0 Å². The molecule has 0 aromatic heterocycles. The topological polar surface area (TPSA) is 12.0 Å². The summed E-state index contributed by atoms with van der Waals surface area (Å²) in [7, 11) is 0. The van der Waals surface area contributed by atoms with Crippen molar-refractivity contribution >= 4 is 27.5 Å². The van der Waals surface area contributed by atoms with Gasteiger partial charge in [0.25, 0.3) is 0 Å². The van der Waals surface area contributed by atoms with Crippen molar-refractivity contribution in [1.82, 2.24) is 5.32 Å². The Balaban J connectivity index is 2.25. The summed E-state index contributed by atoms with van der Waals surface area (Å²) < 4.78 is 14.3. The Morgan fingerprint density at radius 2 is 1.90 bits per heavy atom. The minimum Gasteiger partial charge on any atom is -0.310 e. The number of rotatable bonds is 5. The molecule has 4 heteroatoms. The molecule has 0 aliphatic rings. The van der Waals surface area contributed by atoms with Crippen molar-refractivity contribution in [3.8, 4) is 0 Å². The van der Waals surface area contributed by atoms with Crippen molar-refractivity contribution in [3.05, 3.63) is 68.9 Å². The first-order valence-electron chi connectivity index (χ1n) is 6.53. The Hall–Kier alpha value is -0.900. The summed E-state index contributed by atoms with van der Waals surface area (Å²) in [6.45, 7) is 2.91. The van der Waals surface area contributed by atoms with Crippen LogP contribution in [0.2, 0.25) is 5.02 Å². The van der Waals surface area contributed by atoms with Crippen LogP contribution in [0, 0.1) is 5.82 Å². The molecule has 0 amide bonds. The van der Waals surface area contributed by atoms with E-state index >= 15 is 0 Å². The number of hydrogen-bond donors (Lipinski definition) is 1. The van der Waals surface area contributed by atoms with Crippen molar-refractivity contribution in [2.45, 2.75) is 19.4 Å². The lowest BCUT2D eigenvalue weighted by molar-refractivity contribution is 0.546. The Bertz CT molecular complexity index is 571. The summed E-state index contributed by atoms with van der Waals surface area (Å²) in [4.78, 5) is 0. The molecular weight excluding hydrogens is 341 g/mol. The minimum atomic E-state index is -0.213. The third-order valence-corrected chi connectivity index (χ3v) is 4.18. The van der Waals surface area contributed by atoms with Crippen LogP contribution >= 0.6 is 27.5 Å². The van der Waals surface area contributed by atoms with Gasteiger partial charge in [0.15, 0.2) is 0 Å². The summed E-state index contributed by atoms with van der Waals surface area (Å²) in [5.74, 6) is -0.213. The van der Waals surface area contributed by atoms with Gasteiger partial charge in [-0.05, 0) is 54.4 Å². The van der Waals surface area contributed by atoms with Gasteiger partial charge in [-0.1, -0.05) is 46.6 Å². The summed E-state index contributed by atoms with van der Waals surface area (Å²) in [6, 6.07) is 12.7. The Morgan fingerprint density at radius 3 is 2.55 bits per heavy atom. The van der Waals surface area contributed by atoms with Crippen LogP contribution in [0.15, 0.2) is 46.9 Å². The maximum Gasteiger partial charge on any atom is 0.123 e. The van der Waals surface area contributed by atoms with E-state index in [1.807, 2.05) is 24.3 Å². The fraction of sp³-hybridized carbons (Fsp3) is 0.250. The molecule has 0 radical (unpaired) electrons. The number of halogens is 3. The van der Waals surface area contributed by atoms with E-state index in [0.29, 0.717) is 6.42 Å². The summed E-state index contributed by atoms with van der Waals surface area (Å²) in [5, 5.41) is 4.15. The van der Waals surface area contributed by atoms with Gasteiger partial charge in [0.2, 0.25) is 0 Å². The lowest BCUT2D eigenvalue weighted by Crippen LogP contribution is -2.23. The predicted octanol–water partition coefficient (Wildman–Crippen LogP) is 5.13. The lowest BCUT2D eigenvalue weighted by atomic mass is 9.99. The number of nitrogens with one attached hydrogen (secondary N) is 1. The Labute approximate surface area is 132 Å². The molecule has 1 unspecified atom stereocenters. The molecule has 2 aromatic carbocycles. The first-order chi connectivity index (χ1) is 9.60. The molecule has 1 N–H and O–H groups in total. The van der Waals surface area contributed by atoms with Crippen molar-refractivity contribution in [3.63, 3.8) is 0 Å². The highest BCUT2D eigenvalue weighted by Gasteiger charge is 2.13. The summed E-state index contributed by atoms with van der Waals surface area (Å²) in [5.41, 5.74) is 2.10. The fourth-order valence-corrected chi connectivity index (χ4v) is 2.70. The molecule has 2 aromatic rings. The maximum absolute atomic E-state index is 13.4. The molecule has 0 fully saturated rings. The van der Waals surface area contributed by atoms with Crippen molar-refractivity contribution in [1.29, 1.82) is 0 Å². The molecule has 0 aliphatic carbocycles. The van der Waals surface area contributed by atoms with Crippen LogP contribution in [0.25, 0.3) is 0 Å². The van der Waals surface area contributed by atoms with Gasteiger partial charge in [0, 0.05) is 15.5 Å². The average Bonchev–Trinajstić information content (AvgIpc) is 2.43. The molecule has 106 valence electrons. The van der Waals surface area contributed by atoms with E-state index in [-0.39, 0.29) is 11.9 Å². The van der Waals surface area contributed by atoms with E-state index in [1.165, 1.54) is 6.07 Å². The molecule has 0 heterocycles. The van der Waals surface area contributed by atoms with Crippen LogP contribution < -0.4 is 5.32 Å². The SMILES string of the molecule is CCNC(Cc1cc(F)ccc1Br)c1ccc(Cl)cc1. The molecule has 1 atom stereocenters. The zero-order chi connectivity index (χ0) is 14.5. The van der Waals surface area contributed by atoms with Crippen molar-refractivity contribution < 1.29 is 4.39 Å². The van der Waals surface area contributed by atoms with Gasteiger partial charge in [-0.3, -0.25) is 0 Å². The molecule has 0 saturated carbocycles. The van der Waals surface area contributed by atoms with Crippen molar-refractivity contribution in [2.24, 2.45) is 0 Å². The van der Waals surface area contributed by atoms with Gasteiger partial charge in [0.05, 0.1) is 0 Å². The van der Waals surface area contributed by atoms with E-state index in [4.69, 9.17) is 11.6 Å². The van der Waals surface area contributed by atoms with Crippen LogP contribution in [0.1, 0.15) is 24.1 Å². The smallest absolute Gasteiger partial charge is 0.123 e. The highest BCUT2D eigenvalue weighted by atomic mass is 79.9. The second-order valence-electron chi connectivity index (χ2n) is 4.60. The summed E-state index contributed by atoms with van der Waals surface area (Å²) >= 11 is 9.40. The molecule has 0 aliphatic heterocycles. The number of benzene rings is 2. The lowest BCUT2D eigenvalue weighted by Gasteiger charge is -2.19. The van der Waals surface area contributed by atoms with E-state index in [2.05, 4.69) is 28.2 Å². The van der Waals surface area contributed by atoms with Gasteiger partial charge < -0.3 is 5.32 Å². The van der Waals surface area contributed by atoms with Crippen LogP contribution in [-0.4, -0.2) is 6.54 Å². The van der Waals surface area contributed by atoms with Crippen molar-refractivity contribution in [2.75, 3.05) is 6.54 Å². The van der Waals surface area contributed by atoms with Crippen LogP contribution in [0.3, 0.4) is 0 Å². The average molecular weight is 357 g/mol. The number of likely N-dealkylation sites (N-methyl/N-ethyl adjacent to an activating group) is 1. The molecule has 0 spiro atoms. The quantitative estimate of drug-likeness (QED) is 0.782. The molecule has 1 nitrogen and oxygen atoms in total. The Kier molecular flexibility index (Phi) is 5.58. The minimum absolute atomic E-state index is 0.135. The normalized spacial score (nSPS) is 12.4. The first kappa shape index (κ1) is 15.5. The standard InChI is InChI=1S/C16H16BrClFN/c1-2-20-16(11-3-5-13(18)6-4-11)10-12-9-14(19)7-8-15(12)17/h3-9,16,20H,2,10H2,1H3. The van der Waals surface area contributed by atoms with Gasteiger partial charge in [0.1, 0.15) is 5.82 Å². The van der Waals surface area contributed by atoms with E-state index < -0.39 is 0 Å². The van der Waals surface area contributed by atoms with Crippen LogP contribution in [0.5, 0.6) is 0 Å². The highest BCUT2D eigenvalue weighted by Crippen LogP contribution is 2.25. The monoisotopic (exact) mass is 355 g/mol. The third kappa shape index (κ3) is 4.05. The highest BCUT2D eigenvalue weighted by molar-refractivity contribution is 9.10. The molecule has 0 bridgehead atoms. The van der Waals surface area contributed by atoms with E-state index in [1.54, 1.807) is 12.1 Å². The zero-order valence-corrected chi connectivity index (χ0v) is 13.5. The van der Waals surface area contributed by atoms with Crippen LogP contribution in [-0.2, 0) is 6.42 Å². The second-order valence-corrected chi connectivity index (χ2v) is 5.89. The molecular formula is C16H16BrClFN. The largest absolute Gasteiger partial charge is 0.310 e. The maximum atomic E-state index is 13.4. The van der Waals surface area contributed by atoms with Gasteiger partial charge in [-0.2, -0.15) is 0 Å². The molecule has 20 heavy (non-hydrogen) atoms. The van der Waals surface area contributed by atoms with E-state index in [0.717, 1.165) is 27.2 Å². The summed E-state index contributed by atoms with van der Waals surface area (Å²) in [6.07, 6.45) is 0.716.